The molecule has 0 bridgehead atoms. The van der Waals surface area contributed by atoms with E-state index in [4.69, 9.17) is 5.73 Å². The first-order valence-electron chi connectivity index (χ1n) is 4.35. The Kier molecular flexibility index (Phi) is 3.77. The van der Waals surface area contributed by atoms with E-state index >= 15 is 0 Å². The number of hydrogen-bond acceptors (Lipinski definition) is 2. The van der Waals surface area contributed by atoms with Crippen molar-refractivity contribution in [3.63, 3.8) is 0 Å². The predicted octanol–water partition coefficient (Wildman–Crippen LogP) is 1.25. The molecule has 1 rings (SSSR count). The van der Waals surface area contributed by atoms with Gasteiger partial charge in [-0.1, -0.05) is 31.2 Å². The molecule has 0 heterocycles. The largest absolute Gasteiger partial charge is 0.318 e. The summed E-state index contributed by atoms with van der Waals surface area (Å²) in [5, 5.41) is 3.09. The van der Waals surface area contributed by atoms with Crippen LogP contribution in [0.25, 0.3) is 0 Å². The van der Waals surface area contributed by atoms with E-state index in [0.29, 0.717) is 6.67 Å². The summed E-state index contributed by atoms with van der Waals surface area (Å²) in [6.45, 7) is 3.57. The molecule has 0 unspecified atom stereocenters. The number of aryl methyl sites for hydroxylation is 1. The lowest BCUT2D eigenvalue weighted by Crippen LogP contribution is -2.21. The smallest absolute Gasteiger partial charge is 0.0431 e. The third-order valence-electron chi connectivity index (χ3n) is 1.87. The Hall–Kier alpha value is -0.860. The van der Waals surface area contributed by atoms with Crippen LogP contribution in [0, 0.1) is 0 Å². The van der Waals surface area contributed by atoms with Crippen LogP contribution in [0.3, 0.4) is 0 Å². The van der Waals surface area contributed by atoms with Crippen LogP contribution in [0.5, 0.6) is 0 Å². The molecule has 0 aliphatic carbocycles. The highest BCUT2D eigenvalue weighted by atomic mass is 14.9. The molecule has 0 amide bonds. The molecule has 0 saturated carbocycles. The van der Waals surface area contributed by atoms with Gasteiger partial charge in [0.05, 0.1) is 0 Å². The quantitative estimate of drug-likeness (QED) is 0.657. The van der Waals surface area contributed by atoms with Crippen molar-refractivity contribution < 1.29 is 0 Å². The summed E-state index contributed by atoms with van der Waals surface area (Å²) in [7, 11) is 0. The highest BCUT2D eigenvalue weighted by Crippen LogP contribution is 2.04. The first-order valence-corrected chi connectivity index (χ1v) is 4.35. The molecule has 12 heavy (non-hydrogen) atoms. The van der Waals surface area contributed by atoms with Gasteiger partial charge in [0.2, 0.25) is 0 Å². The van der Waals surface area contributed by atoms with Crippen LogP contribution >= 0.6 is 0 Å². The Morgan fingerprint density at radius 2 is 2.08 bits per heavy atom. The summed E-state index contributed by atoms with van der Waals surface area (Å²) in [6.07, 6.45) is 1.09. The van der Waals surface area contributed by atoms with Crippen LogP contribution in [-0.4, -0.2) is 6.67 Å². The van der Waals surface area contributed by atoms with Gasteiger partial charge in [0.15, 0.2) is 0 Å². The van der Waals surface area contributed by atoms with Gasteiger partial charge in [0.25, 0.3) is 0 Å². The van der Waals surface area contributed by atoms with Crippen molar-refractivity contribution in [2.75, 3.05) is 6.67 Å². The number of nitrogens with two attached hydrogens (primary N) is 1. The van der Waals surface area contributed by atoms with E-state index < -0.39 is 0 Å². The Bertz CT molecular complexity index is 233. The molecule has 0 saturated heterocycles. The predicted molar refractivity (Wildman–Crippen MR) is 51.7 cm³/mol. The second-order valence-corrected chi connectivity index (χ2v) is 2.80. The van der Waals surface area contributed by atoms with E-state index in [-0.39, 0.29) is 0 Å². The van der Waals surface area contributed by atoms with Crippen LogP contribution in [0.1, 0.15) is 18.1 Å². The fourth-order valence-corrected chi connectivity index (χ4v) is 1.18. The Labute approximate surface area is 73.8 Å². The standard InChI is InChI=1S/C10H16N2/c1-2-9-4-3-5-10(6-9)7-12-8-11/h3-6,12H,2,7-8,11H2,1H3. The molecule has 0 atom stereocenters. The van der Waals surface area contributed by atoms with Gasteiger partial charge < -0.3 is 11.1 Å². The minimum Gasteiger partial charge on any atom is -0.318 e. The van der Waals surface area contributed by atoms with Crippen molar-refractivity contribution in [1.29, 1.82) is 0 Å². The van der Waals surface area contributed by atoms with Gasteiger partial charge in [-0.3, -0.25) is 0 Å². The maximum Gasteiger partial charge on any atom is 0.0431 e. The van der Waals surface area contributed by atoms with Crippen molar-refractivity contribution in [3.8, 4) is 0 Å². The third kappa shape index (κ3) is 2.64. The number of nitrogens with one attached hydrogen (secondary N) is 1. The van der Waals surface area contributed by atoms with E-state index in [1.807, 2.05) is 0 Å². The van der Waals surface area contributed by atoms with Crippen LogP contribution in [0.4, 0.5) is 0 Å². The van der Waals surface area contributed by atoms with Crippen molar-refractivity contribution in [2.24, 2.45) is 5.73 Å². The maximum absolute atomic E-state index is 5.34. The molecule has 2 heteroatoms. The first-order chi connectivity index (χ1) is 5.86. The fraction of sp³-hybridized carbons (Fsp3) is 0.400. The minimum atomic E-state index is 0.538. The van der Waals surface area contributed by atoms with Crippen molar-refractivity contribution >= 4 is 0 Å². The molecule has 1 aromatic carbocycles. The third-order valence-corrected chi connectivity index (χ3v) is 1.87. The summed E-state index contributed by atoms with van der Waals surface area (Å²) in [5.41, 5.74) is 8.02. The summed E-state index contributed by atoms with van der Waals surface area (Å²) in [4.78, 5) is 0. The molecule has 3 N–H and O–H groups in total. The molecule has 2 nitrogen and oxygen atoms in total. The summed E-state index contributed by atoms with van der Waals surface area (Å²) >= 11 is 0. The SMILES string of the molecule is CCc1cccc(CNCN)c1. The zero-order chi connectivity index (χ0) is 8.81. The van der Waals surface area contributed by atoms with Crippen molar-refractivity contribution in [2.45, 2.75) is 19.9 Å². The molecule has 0 aliphatic heterocycles. The van der Waals surface area contributed by atoms with E-state index in [1.165, 1.54) is 11.1 Å². The number of rotatable bonds is 4. The molecule has 0 fully saturated rings. The lowest BCUT2D eigenvalue weighted by Gasteiger charge is -2.03. The molecule has 1 aromatic rings. The lowest BCUT2D eigenvalue weighted by atomic mass is 10.1. The average Bonchev–Trinajstić information content (AvgIpc) is 2.15. The molecule has 66 valence electrons. The highest BCUT2D eigenvalue weighted by Gasteiger charge is 1.92. The zero-order valence-electron chi connectivity index (χ0n) is 7.51. The van der Waals surface area contributed by atoms with E-state index in [9.17, 15) is 0 Å². The van der Waals surface area contributed by atoms with Crippen LogP contribution in [0.15, 0.2) is 24.3 Å². The average molecular weight is 164 g/mol. The van der Waals surface area contributed by atoms with Crippen molar-refractivity contribution in [1.82, 2.24) is 5.32 Å². The van der Waals surface area contributed by atoms with Crippen LogP contribution in [-0.2, 0) is 13.0 Å². The Morgan fingerprint density at radius 3 is 2.75 bits per heavy atom. The molecule has 0 spiro atoms. The fourth-order valence-electron chi connectivity index (χ4n) is 1.18. The Balaban J connectivity index is 2.60. The van der Waals surface area contributed by atoms with Gasteiger partial charge >= 0.3 is 0 Å². The summed E-state index contributed by atoms with van der Waals surface area (Å²) in [5.74, 6) is 0. The van der Waals surface area contributed by atoms with Gasteiger partial charge in [-0.15, -0.1) is 0 Å². The van der Waals surface area contributed by atoms with Crippen LogP contribution < -0.4 is 11.1 Å². The van der Waals surface area contributed by atoms with Gasteiger partial charge in [0.1, 0.15) is 0 Å². The monoisotopic (exact) mass is 164 g/mol. The van der Waals surface area contributed by atoms with E-state index in [2.05, 4.69) is 36.5 Å². The van der Waals surface area contributed by atoms with Gasteiger partial charge in [-0.05, 0) is 17.5 Å². The van der Waals surface area contributed by atoms with Gasteiger partial charge in [0, 0.05) is 13.2 Å². The lowest BCUT2D eigenvalue weighted by molar-refractivity contribution is 0.708. The zero-order valence-corrected chi connectivity index (χ0v) is 7.51. The Morgan fingerprint density at radius 1 is 1.33 bits per heavy atom. The molecule has 0 aromatic heterocycles. The van der Waals surface area contributed by atoms with E-state index in [0.717, 1.165) is 13.0 Å². The number of benzene rings is 1. The molecule has 0 radical (unpaired) electrons. The van der Waals surface area contributed by atoms with Crippen molar-refractivity contribution in [3.05, 3.63) is 35.4 Å². The highest BCUT2D eigenvalue weighted by molar-refractivity contribution is 5.23. The minimum absolute atomic E-state index is 0.538. The number of hydrogen-bond donors (Lipinski definition) is 2. The second kappa shape index (κ2) is 4.91. The molecule has 0 aliphatic rings. The topological polar surface area (TPSA) is 38.0 Å². The van der Waals surface area contributed by atoms with Gasteiger partial charge in [-0.2, -0.15) is 0 Å². The first kappa shape index (κ1) is 9.23. The van der Waals surface area contributed by atoms with E-state index in [1.54, 1.807) is 0 Å². The molecular formula is C10H16N2. The van der Waals surface area contributed by atoms with Crippen LogP contribution in [0.2, 0.25) is 0 Å². The van der Waals surface area contributed by atoms with Gasteiger partial charge in [-0.25, -0.2) is 0 Å². The summed E-state index contributed by atoms with van der Waals surface area (Å²) in [6, 6.07) is 8.56. The summed E-state index contributed by atoms with van der Waals surface area (Å²) < 4.78 is 0. The normalized spacial score (nSPS) is 10.2. The second-order valence-electron chi connectivity index (χ2n) is 2.80. The maximum atomic E-state index is 5.34. The molecular weight excluding hydrogens is 148 g/mol.